The number of esters is 1. The van der Waals surface area contributed by atoms with Crippen LogP contribution in [-0.4, -0.2) is 42.3 Å². The van der Waals surface area contributed by atoms with Gasteiger partial charge in [0.25, 0.3) is 11.1 Å². The highest BCUT2D eigenvalue weighted by Crippen LogP contribution is 2.37. The first kappa shape index (κ1) is 18.6. The lowest BCUT2D eigenvalue weighted by Crippen LogP contribution is -2.22. The van der Waals surface area contributed by atoms with Gasteiger partial charge in [0.2, 0.25) is 0 Å². The summed E-state index contributed by atoms with van der Waals surface area (Å²) in [6.07, 6.45) is 1.52. The second kappa shape index (κ2) is 7.92. The first-order valence-corrected chi connectivity index (χ1v) is 8.39. The SMILES string of the molecule is CCOC(=O)COc1c(Cl)cc(/C=C2\SC(=O)N(C)C2=O)cc1Cl. The van der Waals surface area contributed by atoms with E-state index in [9.17, 15) is 14.4 Å². The van der Waals surface area contributed by atoms with Crippen LogP contribution >= 0.6 is 35.0 Å². The molecule has 9 heteroatoms. The number of hydrogen-bond acceptors (Lipinski definition) is 6. The van der Waals surface area contributed by atoms with E-state index in [1.54, 1.807) is 6.92 Å². The zero-order valence-corrected chi connectivity index (χ0v) is 15.1. The number of thioether (sulfide) groups is 1. The summed E-state index contributed by atoms with van der Waals surface area (Å²) in [6.45, 7) is 1.61. The molecule has 1 aromatic carbocycles. The quantitative estimate of drug-likeness (QED) is 0.565. The number of rotatable bonds is 5. The maximum absolute atomic E-state index is 11.9. The van der Waals surface area contributed by atoms with Crippen molar-refractivity contribution in [2.75, 3.05) is 20.3 Å². The van der Waals surface area contributed by atoms with Crippen LogP contribution in [0.25, 0.3) is 6.08 Å². The summed E-state index contributed by atoms with van der Waals surface area (Å²) in [5, 5.41) is 0.000356. The minimum Gasteiger partial charge on any atom is -0.479 e. The number of nitrogens with zero attached hydrogens (tertiary/aromatic N) is 1. The van der Waals surface area contributed by atoms with E-state index in [4.69, 9.17) is 32.7 Å². The summed E-state index contributed by atoms with van der Waals surface area (Å²) >= 11 is 13.1. The molecule has 1 aliphatic heterocycles. The maximum atomic E-state index is 11.9. The zero-order valence-electron chi connectivity index (χ0n) is 12.8. The fourth-order valence-corrected chi connectivity index (χ4v) is 3.27. The van der Waals surface area contributed by atoms with Gasteiger partial charge in [-0.2, -0.15) is 0 Å². The second-order valence-corrected chi connectivity index (χ2v) is 6.46. The molecule has 1 aliphatic rings. The summed E-state index contributed by atoms with van der Waals surface area (Å²) in [7, 11) is 1.41. The Morgan fingerprint density at radius 2 is 1.92 bits per heavy atom. The Kier molecular flexibility index (Phi) is 6.15. The standard InChI is InChI=1S/C15H13Cl2NO5S/c1-3-22-12(19)7-23-13-9(16)4-8(5-10(13)17)6-11-14(20)18(2)15(21)24-11/h4-6H,3,7H2,1-2H3/b11-6-. The van der Waals surface area contributed by atoms with Crippen molar-refractivity contribution in [1.82, 2.24) is 4.90 Å². The number of ether oxygens (including phenoxy) is 2. The molecule has 1 aromatic rings. The predicted octanol–water partition coefficient (Wildman–Crippen LogP) is 3.60. The van der Waals surface area contributed by atoms with Gasteiger partial charge < -0.3 is 9.47 Å². The third kappa shape index (κ3) is 4.23. The smallest absolute Gasteiger partial charge is 0.344 e. The van der Waals surface area contributed by atoms with Gasteiger partial charge in [0, 0.05) is 7.05 Å². The van der Waals surface area contributed by atoms with Crippen molar-refractivity contribution in [3.05, 3.63) is 32.6 Å². The monoisotopic (exact) mass is 389 g/mol. The predicted molar refractivity (Wildman–Crippen MR) is 92.3 cm³/mol. The number of imide groups is 1. The summed E-state index contributed by atoms with van der Waals surface area (Å²) in [6, 6.07) is 3.05. The average molecular weight is 390 g/mol. The first-order chi connectivity index (χ1) is 11.3. The van der Waals surface area contributed by atoms with E-state index in [1.165, 1.54) is 25.3 Å². The van der Waals surface area contributed by atoms with Gasteiger partial charge in [-0.25, -0.2) is 4.79 Å². The third-order valence-corrected chi connectivity index (χ3v) is 4.47. The molecule has 0 aromatic heterocycles. The molecule has 128 valence electrons. The van der Waals surface area contributed by atoms with E-state index in [0.29, 0.717) is 5.56 Å². The van der Waals surface area contributed by atoms with Gasteiger partial charge in [-0.3, -0.25) is 14.5 Å². The molecule has 0 saturated carbocycles. The normalized spacial score (nSPS) is 16.0. The van der Waals surface area contributed by atoms with Crippen LogP contribution in [0.15, 0.2) is 17.0 Å². The lowest BCUT2D eigenvalue weighted by molar-refractivity contribution is -0.145. The Labute approximate surface area is 152 Å². The molecule has 0 radical (unpaired) electrons. The van der Waals surface area contributed by atoms with E-state index in [1.807, 2.05) is 0 Å². The Hall–Kier alpha value is -1.70. The van der Waals surface area contributed by atoms with Crippen LogP contribution in [0.3, 0.4) is 0 Å². The summed E-state index contributed by atoms with van der Waals surface area (Å²) < 4.78 is 10.0. The van der Waals surface area contributed by atoms with Crippen molar-refractivity contribution < 1.29 is 23.9 Å². The minimum atomic E-state index is -0.537. The molecule has 1 saturated heterocycles. The minimum absolute atomic E-state index is 0.145. The summed E-state index contributed by atoms with van der Waals surface area (Å²) in [5.41, 5.74) is 0.535. The van der Waals surface area contributed by atoms with E-state index in [0.717, 1.165) is 16.7 Å². The van der Waals surface area contributed by atoms with E-state index >= 15 is 0 Å². The number of likely N-dealkylation sites (N-methyl/N-ethyl adjacent to an activating group) is 1. The van der Waals surface area contributed by atoms with Crippen LogP contribution in [0, 0.1) is 0 Å². The van der Waals surface area contributed by atoms with Crippen molar-refractivity contribution in [2.24, 2.45) is 0 Å². The average Bonchev–Trinajstić information content (AvgIpc) is 2.74. The topological polar surface area (TPSA) is 72.9 Å². The molecule has 2 amide bonds. The highest BCUT2D eigenvalue weighted by Gasteiger charge is 2.31. The molecule has 6 nitrogen and oxygen atoms in total. The Morgan fingerprint density at radius 3 is 2.42 bits per heavy atom. The van der Waals surface area contributed by atoms with Crippen molar-refractivity contribution in [3.8, 4) is 5.75 Å². The van der Waals surface area contributed by atoms with Crippen LogP contribution in [0.4, 0.5) is 4.79 Å². The fraction of sp³-hybridized carbons (Fsp3) is 0.267. The van der Waals surface area contributed by atoms with Gasteiger partial charge in [0.15, 0.2) is 12.4 Å². The fourth-order valence-electron chi connectivity index (χ4n) is 1.83. The van der Waals surface area contributed by atoms with E-state index < -0.39 is 5.97 Å². The van der Waals surface area contributed by atoms with Crippen molar-refractivity contribution in [3.63, 3.8) is 0 Å². The molecule has 1 heterocycles. The molecule has 2 rings (SSSR count). The second-order valence-electron chi connectivity index (χ2n) is 4.65. The van der Waals surface area contributed by atoms with Gasteiger partial charge in [0.05, 0.1) is 21.6 Å². The summed E-state index contributed by atoms with van der Waals surface area (Å²) in [4.78, 5) is 36.0. The zero-order chi connectivity index (χ0) is 17.9. The van der Waals surface area contributed by atoms with Gasteiger partial charge >= 0.3 is 5.97 Å². The Bertz CT molecular complexity index is 712. The van der Waals surface area contributed by atoms with Crippen LogP contribution in [0.2, 0.25) is 10.0 Å². The van der Waals surface area contributed by atoms with Crippen LogP contribution < -0.4 is 4.74 Å². The van der Waals surface area contributed by atoms with Gasteiger partial charge in [0.1, 0.15) is 0 Å². The summed E-state index contributed by atoms with van der Waals surface area (Å²) in [5.74, 6) is -0.780. The molecular formula is C15H13Cl2NO5S. The lowest BCUT2D eigenvalue weighted by Gasteiger charge is -2.10. The first-order valence-electron chi connectivity index (χ1n) is 6.82. The number of halogens is 2. The largest absolute Gasteiger partial charge is 0.479 e. The molecule has 0 aliphatic carbocycles. The number of hydrogen-bond donors (Lipinski definition) is 0. The number of amides is 2. The Morgan fingerprint density at radius 1 is 1.29 bits per heavy atom. The van der Waals surface area contributed by atoms with Crippen LogP contribution in [0.5, 0.6) is 5.75 Å². The lowest BCUT2D eigenvalue weighted by atomic mass is 10.2. The molecular weight excluding hydrogens is 377 g/mol. The molecule has 0 N–H and O–H groups in total. The molecule has 0 bridgehead atoms. The molecule has 0 spiro atoms. The van der Waals surface area contributed by atoms with Crippen LogP contribution in [0.1, 0.15) is 12.5 Å². The number of carbonyl (C=O) groups excluding carboxylic acids is 3. The van der Waals surface area contributed by atoms with Crippen molar-refractivity contribution in [2.45, 2.75) is 6.92 Å². The highest BCUT2D eigenvalue weighted by atomic mass is 35.5. The van der Waals surface area contributed by atoms with Crippen LogP contribution in [-0.2, 0) is 14.3 Å². The van der Waals surface area contributed by atoms with Crippen molar-refractivity contribution in [1.29, 1.82) is 0 Å². The van der Waals surface area contributed by atoms with Gasteiger partial charge in [-0.15, -0.1) is 0 Å². The molecule has 1 fully saturated rings. The highest BCUT2D eigenvalue weighted by molar-refractivity contribution is 8.18. The molecule has 24 heavy (non-hydrogen) atoms. The van der Waals surface area contributed by atoms with E-state index in [2.05, 4.69) is 0 Å². The number of benzene rings is 1. The van der Waals surface area contributed by atoms with E-state index in [-0.39, 0.29) is 45.1 Å². The molecule has 0 atom stereocenters. The third-order valence-electron chi connectivity index (χ3n) is 2.94. The molecule has 0 unspecified atom stereocenters. The van der Waals surface area contributed by atoms with Gasteiger partial charge in [-0.05, 0) is 42.5 Å². The Balaban J connectivity index is 2.19. The van der Waals surface area contributed by atoms with Crippen molar-refractivity contribution >= 4 is 58.2 Å². The van der Waals surface area contributed by atoms with Gasteiger partial charge in [-0.1, -0.05) is 23.2 Å². The maximum Gasteiger partial charge on any atom is 0.344 e. The number of carbonyl (C=O) groups is 3.